The van der Waals surface area contributed by atoms with Gasteiger partial charge >= 0.3 is 5.97 Å². The van der Waals surface area contributed by atoms with E-state index in [2.05, 4.69) is 4.37 Å². The second-order valence-corrected chi connectivity index (χ2v) is 7.98. The normalized spacial score (nSPS) is 10.7. The van der Waals surface area contributed by atoms with Crippen LogP contribution in [0.3, 0.4) is 0 Å². The van der Waals surface area contributed by atoms with Crippen LogP contribution in [0.2, 0.25) is 0 Å². The van der Waals surface area contributed by atoms with Gasteiger partial charge in [0.05, 0.1) is 16.4 Å². The van der Waals surface area contributed by atoms with Crippen LogP contribution in [0.1, 0.15) is 53.0 Å². The fourth-order valence-electron chi connectivity index (χ4n) is 2.51. The number of ketones is 1. The van der Waals surface area contributed by atoms with Crippen LogP contribution in [0, 0.1) is 0 Å². The lowest BCUT2D eigenvalue weighted by Gasteiger charge is -2.14. The van der Waals surface area contributed by atoms with E-state index in [4.69, 9.17) is 9.84 Å². The first-order chi connectivity index (χ1) is 12.9. The highest BCUT2D eigenvalue weighted by Gasteiger charge is 2.18. The van der Waals surface area contributed by atoms with E-state index in [1.807, 2.05) is 6.92 Å². The van der Waals surface area contributed by atoms with Crippen LogP contribution < -0.4 is 10.3 Å². The quantitative estimate of drug-likeness (QED) is 0.311. The average molecular weight is 412 g/mol. The molecule has 0 aliphatic carbocycles. The predicted molar refractivity (Wildman–Crippen MR) is 105 cm³/mol. The number of nitrogens with one attached hydrogen (secondary N) is 1. The molecule has 2 rings (SSSR count). The van der Waals surface area contributed by atoms with Crippen LogP contribution in [0.25, 0.3) is 0 Å². The van der Waals surface area contributed by atoms with Gasteiger partial charge in [-0.1, -0.05) is 24.9 Å². The molecule has 0 aliphatic rings. The summed E-state index contributed by atoms with van der Waals surface area (Å²) in [4.78, 5) is 34.1. The summed E-state index contributed by atoms with van der Waals surface area (Å²) in [5.74, 6) is -0.343. The molecule has 0 unspecified atom stereocenters. The second-order valence-electron chi connectivity index (χ2n) is 5.80. The minimum atomic E-state index is -1.23. The number of Topliss-reactive ketones (excluding diaryl/α,β-unsaturated/α-hetero) is 1. The van der Waals surface area contributed by atoms with Gasteiger partial charge in [0.2, 0.25) is 0 Å². The standard InChI is InChI=1S/C18H21NO6S2/c1-3-5-12-13(7-6-11(10(2)20)15(12)21)25-8-4-9-26-18-14(17(23)24)16(22)19-27-18/h6-7,21H,3-5,8-9H2,1-2H3,(H,19,22)(H,23,24). The number of phenolic OH excluding ortho intramolecular Hbond substituents is 1. The molecule has 0 atom stereocenters. The van der Waals surface area contributed by atoms with Gasteiger partial charge in [0.15, 0.2) is 11.3 Å². The van der Waals surface area contributed by atoms with Crippen molar-refractivity contribution in [1.29, 1.82) is 0 Å². The molecule has 1 heterocycles. The summed E-state index contributed by atoms with van der Waals surface area (Å²) in [6.07, 6.45) is 2.01. The minimum absolute atomic E-state index is 0.0283. The van der Waals surface area contributed by atoms with Crippen molar-refractivity contribution in [1.82, 2.24) is 4.37 Å². The van der Waals surface area contributed by atoms with E-state index in [1.165, 1.54) is 18.7 Å². The number of ether oxygens (including phenoxy) is 1. The maximum Gasteiger partial charge on any atom is 0.343 e. The Bertz CT molecular complexity index is 886. The molecule has 0 radical (unpaired) electrons. The van der Waals surface area contributed by atoms with E-state index in [0.29, 0.717) is 40.7 Å². The number of hydrogen-bond acceptors (Lipinski definition) is 7. The molecule has 0 amide bonds. The van der Waals surface area contributed by atoms with Crippen molar-refractivity contribution in [3.05, 3.63) is 39.2 Å². The van der Waals surface area contributed by atoms with E-state index >= 15 is 0 Å². The zero-order chi connectivity index (χ0) is 20.0. The predicted octanol–water partition coefficient (Wildman–Crippen LogP) is 3.56. The first-order valence-corrected chi connectivity index (χ1v) is 10.2. The number of benzene rings is 1. The molecule has 0 fully saturated rings. The first kappa shape index (κ1) is 21.0. The molecule has 1 aromatic heterocycles. The van der Waals surface area contributed by atoms with Gasteiger partial charge < -0.3 is 14.9 Å². The molecule has 0 bridgehead atoms. The van der Waals surface area contributed by atoms with E-state index in [1.54, 1.807) is 12.1 Å². The number of aromatic hydroxyl groups is 1. The van der Waals surface area contributed by atoms with Gasteiger partial charge in [-0.15, -0.1) is 11.8 Å². The summed E-state index contributed by atoms with van der Waals surface area (Å²) in [5.41, 5.74) is 0.0946. The SMILES string of the molecule is CCCc1c(OCCCSc2s[nH]c(=O)c2C(=O)O)ccc(C(C)=O)c1O. The number of carboxylic acid groups (broad SMARTS) is 1. The van der Waals surface area contributed by atoms with Crippen LogP contribution in [0.4, 0.5) is 0 Å². The second kappa shape index (κ2) is 9.61. The summed E-state index contributed by atoms with van der Waals surface area (Å²) in [5, 5.41) is 19.4. The number of carboxylic acids is 1. The number of carbonyl (C=O) groups is 2. The number of aromatic carboxylic acids is 1. The number of hydrogen-bond donors (Lipinski definition) is 3. The van der Waals surface area contributed by atoms with Crippen molar-refractivity contribution >= 4 is 35.0 Å². The highest BCUT2D eigenvalue weighted by atomic mass is 32.2. The van der Waals surface area contributed by atoms with Crippen LogP contribution in [-0.4, -0.2) is 38.7 Å². The largest absolute Gasteiger partial charge is 0.507 e. The Hall–Kier alpha value is -2.26. The van der Waals surface area contributed by atoms with Crippen molar-refractivity contribution < 1.29 is 24.5 Å². The van der Waals surface area contributed by atoms with Gasteiger partial charge in [0, 0.05) is 11.3 Å². The van der Waals surface area contributed by atoms with Crippen molar-refractivity contribution in [2.75, 3.05) is 12.4 Å². The molecule has 3 N–H and O–H groups in total. The minimum Gasteiger partial charge on any atom is -0.507 e. The Labute approximate surface area is 164 Å². The van der Waals surface area contributed by atoms with E-state index in [-0.39, 0.29) is 22.7 Å². The molecule has 2 aromatic rings. The molecule has 27 heavy (non-hydrogen) atoms. The van der Waals surface area contributed by atoms with Crippen molar-refractivity contribution in [2.24, 2.45) is 0 Å². The molecule has 7 nitrogen and oxygen atoms in total. The fourth-order valence-corrected chi connectivity index (χ4v) is 4.46. The maximum atomic E-state index is 11.6. The molecular formula is C18H21NO6S2. The van der Waals surface area contributed by atoms with Gasteiger partial charge in [-0.3, -0.25) is 14.0 Å². The van der Waals surface area contributed by atoms with Gasteiger partial charge in [-0.05, 0) is 31.9 Å². The third-order valence-electron chi connectivity index (χ3n) is 3.78. The molecule has 9 heteroatoms. The summed E-state index contributed by atoms with van der Waals surface area (Å²) < 4.78 is 8.63. The number of aromatic nitrogens is 1. The molecule has 0 aliphatic heterocycles. The zero-order valence-corrected chi connectivity index (χ0v) is 16.7. The van der Waals surface area contributed by atoms with Crippen molar-refractivity contribution in [3.8, 4) is 11.5 Å². The Morgan fingerprint density at radius 1 is 1.33 bits per heavy atom. The van der Waals surface area contributed by atoms with Crippen LogP contribution in [0.15, 0.2) is 21.1 Å². The zero-order valence-electron chi connectivity index (χ0n) is 15.0. The fraction of sp³-hybridized carbons (Fsp3) is 0.389. The summed E-state index contributed by atoms with van der Waals surface area (Å²) in [6.45, 7) is 3.75. The topological polar surface area (TPSA) is 117 Å². The number of phenols is 1. The van der Waals surface area contributed by atoms with Crippen molar-refractivity contribution in [3.63, 3.8) is 0 Å². The van der Waals surface area contributed by atoms with Crippen LogP contribution >= 0.6 is 23.3 Å². The number of carbonyl (C=O) groups excluding carboxylic acids is 1. The Balaban J connectivity index is 1.96. The Kier molecular flexibility index (Phi) is 7.49. The average Bonchev–Trinajstić information content (AvgIpc) is 2.98. The lowest BCUT2D eigenvalue weighted by Crippen LogP contribution is -2.12. The van der Waals surface area contributed by atoms with E-state index in [0.717, 1.165) is 18.0 Å². The lowest BCUT2D eigenvalue weighted by atomic mass is 10.0. The number of rotatable bonds is 10. The molecular weight excluding hydrogens is 390 g/mol. The van der Waals surface area contributed by atoms with Crippen LogP contribution in [0.5, 0.6) is 11.5 Å². The third kappa shape index (κ3) is 5.14. The van der Waals surface area contributed by atoms with Crippen molar-refractivity contribution in [2.45, 2.75) is 37.3 Å². The van der Waals surface area contributed by atoms with Gasteiger partial charge in [-0.25, -0.2) is 4.79 Å². The van der Waals surface area contributed by atoms with Gasteiger partial charge in [-0.2, -0.15) is 0 Å². The molecule has 0 saturated heterocycles. The number of H-pyrrole nitrogens is 1. The molecule has 0 spiro atoms. The summed E-state index contributed by atoms with van der Waals surface area (Å²) >= 11 is 2.30. The monoisotopic (exact) mass is 411 g/mol. The summed E-state index contributed by atoms with van der Waals surface area (Å²) in [6, 6.07) is 3.24. The smallest absolute Gasteiger partial charge is 0.343 e. The highest BCUT2D eigenvalue weighted by Crippen LogP contribution is 2.33. The van der Waals surface area contributed by atoms with E-state index < -0.39 is 11.5 Å². The number of aromatic amines is 1. The third-order valence-corrected chi connectivity index (χ3v) is 6.02. The van der Waals surface area contributed by atoms with E-state index in [9.17, 15) is 19.5 Å². The highest BCUT2D eigenvalue weighted by molar-refractivity contribution is 8.01. The van der Waals surface area contributed by atoms with Gasteiger partial charge in [0.1, 0.15) is 11.5 Å². The van der Waals surface area contributed by atoms with Crippen LogP contribution in [-0.2, 0) is 6.42 Å². The summed E-state index contributed by atoms with van der Waals surface area (Å²) in [7, 11) is 0. The Morgan fingerprint density at radius 2 is 2.07 bits per heavy atom. The first-order valence-electron chi connectivity index (χ1n) is 8.42. The lowest BCUT2D eigenvalue weighted by molar-refractivity contribution is 0.0692. The number of thioether (sulfide) groups is 1. The van der Waals surface area contributed by atoms with Gasteiger partial charge in [0.25, 0.3) is 5.56 Å². The maximum absolute atomic E-state index is 11.6. The Morgan fingerprint density at radius 3 is 2.70 bits per heavy atom. The molecule has 146 valence electrons. The molecule has 1 aromatic carbocycles. The molecule has 0 saturated carbocycles.